The van der Waals surface area contributed by atoms with E-state index in [1.165, 1.54) is 0 Å². The van der Waals surface area contributed by atoms with E-state index in [0.29, 0.717) is 12.1 Å². The molecule has 0 amide bonds. The van der Waals surface area contributed by atoms with Gasteiger partial charge in [-0.1, -0.05) is 0 Å². The van der Waals surface area contributed by atoms with E-state index >= 15 is 0 Å². The lowest BCUT2D eigenvalue weighted by atomic mass is 10.1. The predicted molar refractivity (Wildman–Crippen MR) is 46.9 cm³/mol. The molecule has 0 spiro atoms. The number of nitrogens with two attached hydrogens (primary N) is 2. The van der Waals surface area contributed by atoms with Crippen molar-refractivity contribution in [2.24, 2.45) is 0 Å². The Bertz CT molecular complexity index is 417. The molecule has 0 aliphatic carbocycles. The third kappa shape index (κ3) is 2.09. The molecule has 0 saturated heterocycles. The van der Waals surface area contributed by atoms with Crippen molar-refractivity contribution in [2.75, 3.05) is 11.5 Å². The molecule has 0 heterocycles. The maximum absolute atomic E-state index is 12.3. The Morgan fingerprint density at radius 1 is 1.20 bits per heavy atom. The summed E-state index contributed by atoms with van der Waals surface area (Å²) < 4.78 is 36.8. The molecule has 15 heavy (non-hydrogen) atoms. The molecular formula is C7H6F3N3O2. The maximum Gasteiger partial charge on any atom is 0.418 e. The number of nitrogen functional groups attached to an aromatic ring is 2. The molecule has 0 radical (unpaired) electrons. The van der Waals surface area contributed by atoms with Crippen LogP contribution in [0.4, 0.5) is 30.2 Å². The van der Waals surface area contributed by atoms with E-state index in [1.54, 1.807) is 0 Å². The molecule has 8 heteroatoms. The molecule has 1 aromatic rings. The van der Waals surface area contributed by atoms with E-state index in [2.05, 4.69) is 0 Å². The summed E-state index contributed by atoms with van der Waals surface area (Å²) >= 11 is 0. The van der Waals surface area contributed by atoms with Gasteiger partial charge in [-0.05, 0) is 6.07 Å². The molecule has 1 rings (SSSR count). The van der Waals surface area contributed by atoms with Crippen molar-refractivity contribution in [2.45, 2.75) is 6.18 Å². The van der Waals surface area contributed by atoms with E-state index < -0.39 is 33.7 Å². The fourth-order valence-corrected chi connectivity index (χ4v) is 1.02. The molecule has 0 bridgehead atoms. The lowest BCUT2D eigenvalue weighted by molar-refractivity contribution is -0.383. The second kappa shape index (κ2) is 3.30. The molecular weight excluding hydrogens is 215 g/mol. The second-order valence-electron chi connectivity index (χ2n) is 2.75. The molecule has 0 aliphatic heterocycles. The standard InChI is InChI=1S/C7H6F3N3O2/c8-7(9,10)3-1-5(12)6(13(14)15)2-4(3)11/h1-2H,11-12H2. The van der Waals surface area contributed by atoms with Gasteiger partial charge in [0.25, 0.3) is 5.69 Å². The van der Waals surface area contributed by atoms with E-state index in [0.717, 1.165) is 0 Å². The summed E-state index contributed by atoms with van der Waals surface area (Å²) in [4.78, 5) is 9.43. The van der Waals surface area contributed by atoms with Gasteiger partial charge in [-0.25, -0.2) is 0 Å². The first-order valence-electron chi connectivity index (χ1n) is 3.64. The molecule has 0 unspecified atom stereocenters. The van der Waals surface area contributed by atoms with Crippen molar-refractivity contribution in [3.63, 3.8) is 0 Å². The van der Waals surface area contributed by atoms with Gasteiger partial charge in [-0.2, -0.15) is 13.2 Å². The molecule has 82 valence electrons. The Kier molecular flexibility index (Phi) is 2.44. The monoisotopic (exact) mass is 221 g/mol. The third-order valence-corrected chi connectivity index (χ3v) is 1.70. The lowest BCUT2D eigenvalue weighted by Gasteiger charge is -2.10. The molecule has 0 aliphatic rings. The van der Waals surface area contributed by atoms with Gasteiger partial charge in [0.15, 0.2) is 0 Å². The fourth-order valence-electron chi connectivity index (χ4n) is 1.02. The van der Waals surface area contributed by atoms with Crippen LogP contribution in [0.5, 0.6) is 0 Å². The van der Waals surface area contributed by atoms with Crippen LogP contribution >= 0.6 is 0 Å². The Morgan fingerprint density at radius 2 is 1.73 bits per heavy atom. The van der Waals surface area contributed by atoms with Crippen molar-refractivity contribution in [3.8, 4) is 0 Å². The molecule has 1 aromatic carbocycles. The number of nitro groups is 1. The highest BCUT2D eigenvalue weighted by atomic mass is 19.4. The average molecular weight is 221 g/mol. The summed E-state index contributed by atoms with van der Waals surface area (Å²) in [5.41, 5.74) is 7.02. The number of nitrogens with zero attached hydrogens (tertiary/aromatic N) is 1. The summed E-state index contributed by atoms with van der Waals surface area (Å²) in [5, 5.41) is 10.3. The van der Waals surface area contributed by atoms with Gasteiger partial charge >= 0.3 is 6.18 Å². The molecule has 0 fully saturated rings. The molecule has 0 saturated carbocycles. The number of hydrogen-bond donors (Lipinski definition) is 2. The summed E-state index contributed by atoms with van der Waals surface area (Å²) in [5.74, 6) is 0. The number of anilines is 2. The molecule has 0 aromatic heterocycles. The van der Waals surface area contributed by atoms with E-state index in [1.807, 2.05) is 0 Å². The lowest BCUT2D eigenvalue weighted by Crippen LogP contribution is -2.10. The Labute approximate surface area is 81.6 Å². The minimum absolute atomic E-state index is 0.452. The Morgan fingerprint density at radius 3 is 2.13 bits per heavy atom. The van der Waals surface area contributed by atoms with Crippen LogP contribution in [0, 0.1) is 10.1 Å². The van der Waals surface area contributed by atoms with Gasteiger partial charge in [0.1, 0.15) is 5.69 Å². The van der Waals surface area contributed by atoms with Crippen LogP contribution in [0.25, 0.3) is 0 Å². The van der Waals surface area contributed by atoms with Crippen molar-refractivity contribution in [1.29, 1.82) is 0 Å². The number of halogens is 3. The van der Waals surface area contributed by atoms with Crippen LogP contribution < -0.4 is 11.5 Å². The van der Waals surface area contributed by atoms with Gasteiger partial charge in [0.2, 0.25) is 0 Å². The number of alkyl halides is 3. The van der Waals surface area contributed by atoms with Gasteiger partial charge in [0.05, 0.1) is 16.2 Å². The fraction of sp³-hybridized carbons (Fsp3) is 0.143. The van der Waals surface area contributed by atoms with Gasteiger partial charge in [-0.3, -0.25) is 10.1 Å². The van der Waals surface area contributed by atoms with Crippen molar-refractivity contribution in [1.82, 2.24) is 0 Å². The zero-order valence-electron chi connectivity index (χ0n) is 7.21. The van der Waals surface area contributed by atoms with Crippen molar-refractivity contribution >= 4 is 17.1 Å². The highest BCUT2D eigenvalue weighted by Gasteiger charge is 2.34. The highest BCUT2D eigenvalue weighted by Crippen LogP contribution is 2.37. The van der Waals surface area contributed by atoms with E-state index in [4.69, 9.17) is 11.5 Å². The van der Waals surface area contributed by atoms with E-state index in [9.17, 15) is 23.3 Å². The summed E-state index contributed by atoms with van der Waals surface area (Å²) in [6.45, 7) is 0. The zero-order chi connectivity index (χ0) is 11.8. The zero-order valence-corrected chi connectivity index (χ0v) is 7.21. The van der Waals surface area contributed by atoms with E-state index in [-0.39, 0.29) is 0 Å². The van der Waals surface area contributed by atoms with Crippen molar-refractivity contribution < 1.29 is 18.1 Å². The highest BCUT2D eigenvalue weighted by molar-refractivity contribution is 5.68. The third-order valence-electron chi connectivity index (χ3n) is 1.70. The smallest absolute Gasteiger partial charge is 0.398 e. The largest absolute Gasteiger partial charge is 0.418 e. The van der Waals surface area contributed by atoms with Crippen LogP contribution in [-0.2, 0) is 6.18 Å². The van der Waals surface area contributed by atoms with Crippen LogP contribution in [0.1, 0.15) is 5.56 Å². The quantitative estimate of drug-likeness (QED) is 0.429. The summed E-state index contributed by atoms with van der Waals surface area (Å²) in [6.07, 6.45) is -4.67. The van der Waals surface area contributed by atoms with Crippen LogP contribution in [-0.4, -0.2) is 4.92 Å². The SMILES string of the molecule is Nc1cc(C(F)(F)F)c(N)cc1[N+](=O)[O-]. The number of nitro benzene ring substituents is 1. The van der Waals surface area contributed by atoms with Crippen LogP contribution in [0.15, 0.2) is 12.1 Å². The predicted octanol–water partition coefficient (Wildman–Crippen LogP) is 1.78. The maximum atomic E-state index is 12.3. The van der Waals surface area contributed by atoms with Crippen LogP contribution in [0.3, 0.4) is 0 Å². The van der Waals surface area contributed by atoms with Crippen LogP contribution in [0.2, 0.25) is 0 Å². The van der Waals surface area contributed by atoms with Gasteiger partial charge in [0, 0.05) is 6.07 Å². The average Bonchev–Trinajstić information content (AvgIpc) is 2.06. The molecule has 4 N–H and O–H groups in total. The summed E-state index contributed by atoms with van der Waals surface area (Å²) in [6, 6.07) is 1.05. The normalized spacial score (nSPS) is 11.4. The first-order chi connectivity index (χ1) is 6.73. The minimum atomic E-state index is -4.67. The van der Waals surface area contributed by atoms with Gasteiger partial charge in [-0.15, -0.1) is 0 Å². The van der Waals surface area contributed by atoms with Gasteiger partial charge < -0.3 is 11.5 Å². The number of benzene rings is 1. The molecule has 5 nitrogen and oxygen atoms in total. The molecule has 0 atom stereocenters. The van der Waals surface area contributed by atoms with Crippen molar-refractivity contribution in [3.05, 3.63) is 27.8 Å². The topological polar surface area (TPSA) is 95.2 Å². The number of rotatable bonds is 1. The summed E-state index contributed by atoms with van der Waals surface area (Å²) in [7, 11) is 0. The minimum Gasteiger partial charge on any atom is -0.398 e. The first-order valence-corrected chi connectivity index (χ1v) is 3.64. The Balaban J connectivity index is 3.39. The second-order valence-corrected chi connectivity index (χ2v) is 2.75. The first kappa shape index (κ1) is 11.1. The number of hydrogen-bond acceptors (Lipinski definition) is 4. The Hall–Kier alpha value is -1.99.